The van der Waals surface area contributed by atoms with Crippen molar-refractivity contribution < 1.29 is 14.6 Å². The smallest absolute Gasteiger partial charge is 0.319 e. The number of thiazole rings is 1. The summed E-state index contributed by atoms with van der Waals surface area (Å²) in [7, 11) is 0. The van der Waals surface area contributed by atoms with Crippen molar-refractivity contribution in [1.82, 2.24) is 15.0 Å². The highest BCUT2D eigenvalue weighted by atomic mass is 32.1. The van der Waals surface area contributed by atoms with Gasteiger partial charge in [0.25, 0.3) is 5.19 Å². The highest BCUT2D eigenvalue weighted by Crippen LogP contribution is 2.51. The van der Waals surface area contributed by atoms with E-state index >= 15 is 0 Å². The van der Waals surface area contributed by atoms with Gasteiger partial charge in [0.15, 0.2) is 0 Å². The summed E-state index contributed by atoms with van der Waals surface area (Å²) in [6, 6.07) is 7.71. The van der Waals surface area contributed by atoms with Gasteiger partial charge in [-0.3, -0.25) is 4.79 Å². The van der Waals surface area contributed by atoms with E-state index in [0.29, 0.717) is 10.8 Å². The molecule has 0 bridgehead atoms. The number of anilines is 2. The minimum atomic E-state index is -0.555. The average molecular weight is 509 g/mol. The van der Waals surface area contributed by atoms with Gasteiger partial charge >= 0.3 is 5.97 Å². The highest BCUT2D eigenvalue weighted by molar-refractivity contribution is 7.17. The van der Waals surface area contributed by atoms with Gasteiger partial charge in [-0.1, -0.05) is 77.4 Å². The number of esters is 1. The molecule has 1 aliphatic rings. The fourth-order valence-electron chi connectivity index (χ4n) is 5.04. The van der Waals surface area contributed by atoms with Gasteiger partial charge in [0.2, 0.25) is 11.8 Å². The Morgan fingerprint density at radius 1 is 1.14 bits per heavy atom. The summed E-state index contributed by atoms with van der Waals surface area (Å²) >= 11 is 1.18. The van der Waals surface area contributed by atoms with Crippen LogP contribution >= 0.6 is 11.3 Å². The summed E-state index contributed by atoms with van der Waals surface area (Å²) in [5, 5.41) is 14.3. The molecule has 36 heavy (non-hydrogen) atoms. The third-order valence-corrected chi connectivity index (χ3v) is 8.26. The summed E-state index contributed by atoms with van der Waals surface area (Å²) in [5.74, 6) is 0.337. The molecule has 1 aliphatic carbocycles. The Kier molecular flexibility index (Phi) is 7.36. The lowest BCUT2D eigenvalue weighted by molar-refractivity contribution is -0.156. The van der Waals surface area contributed by atoms with E-state index in [2.05, 4.69) is 54.9 Å². The van der Waals surface area contributed by atoms with Gasteiger partial charge < -0.3 is 15.2 Å². The maximum atomic E-state index is 13.5. The topological polar surface area (TPSA) is 97.2 Å². The van der Waals surface area contributed by atoms with Crippen molar-refractivity contribution in [2.75, 3.05) is 5.32 Å². The molecule has 0 atom stereocenters. The van der Waals surface area contributed by atoms with Crippen LogP contribution in [0.2, 0.25) is 0 Å². The molecule has 2 N–H and O–H groups in total. The lowest BCUT2D eigenvalue weighted by atomic mass is 9.59. The van der Waals surface area contributed by atoms with Crippen LogP contribution < -0.4 is 10.1 Å². The molecule has 0 saturated heterocycles. The molecular formula is C28H36N4O3S. The Morgan fingerprint density at radius 2 is 1.86 bits per heavy atom. The predicted molar refractivity (Wildman–Crippen MR) is 144 cm³/mol. The second kappa shape index (κ2) is 10.2. The fourth-order valence-corrected chi connectivity index (χ4v) is 5.97. The molecule has 3 aromatic rings. The molecule has 0 aliphatic heterocycles. The monoisotopic (exact) mass is 508 g/mol. The van der Waals surface area contributed by atoms with Gasteiger partial charge in [-0.25, -0.2) is 9.97 Å². The number of aryl methyl sites for hydroxylation is 1. The minimum Gasteiger partial charge on any atom is -0.492 e. The van der Waals surface area contributed by atoms with Crippen molar-refractivity contribution in [2.24, 2.45) is 10.8 Å². The molecule has 1 fully saturated rings. The van der Waals surface area contributed by atoms with Crippen LogP contribution in [0.25, 0.3) is 10.4 Å². The number of carbonyl (C=O) groups is 1. The van der Waals surface area contributed by atoms with Crippen molar-refractivity contribution >= 4 is 28.9 Å². The number of benzene rings is 1. The van der Waals surface area contributed by atoms with Crippen LogP contribution in [0.3, 0.4) is 0 Å². The number of nitrogens with zero attached hydrogens (tertiary/aromatic N) is 3. The Labute approximate surface area is 217 Å². The van der Waals surface area contributed by atoms with Crippen LogP contribution in [0.15, 0.2) is 30.5 Å². The maximum absolute atomic E-state index is 13.5. The zero-order chi connectivity index (χ0) is 26.1. The van der Waals surface area contributed by atoms with Crippen molar-refractivity contribution in [3.63, 3.8) is 0 Å². The van der Waals surface area contributed by atoms with E-state index in [4.69, 9.17) is 4.74 Å². The van der Waals surface area contributed by atoms with Crippen LogP contribution in [0.4, 0.5) is 11.6 Å². The van der Waals surface area contributed by atoms with E-state index < -0.39 is 5.41 Å². The van der Waals surface area contributed by atoms with Crippen LogP contribution in [-0.4, -0.2) is 26.0 Å². The summed E-state index contributed by atoms with van der Waals surface area (Å²) in [5.41, 5.74) is 2.61. The first-order valence-electron chi connectivity index (χ1n) is 12.6. The molecule has 7 nitrogen and oxygen atoms in total. The van der Waals surface area contributed by atoms with E-state index in [9.17, 15) is 9.90 Å². The van der Waals surface area contributed by atoms with Crippen LogP contribution in [-0.2, 0) is 4.79 Å². The minimum absolute atomic E-state index is 0.161. The molecule has 4 rings (SSSR count). The SMILES string of the molecule is Cc1cccc(Nc2nccc(C(C)C)n2)c1-c1sc(OC(=O)C2(C(C)(C)C)CCCCC2)nc1O. The Hall–Kier alpha value is -3.00. The maximum Gasteiger partial charge on any atom is 0.319 e. The molecule has 0 radical (unpaired) electrons. The number of carbonyl (C=O) groups excluding carboxylic acids is 1. The number of aromatic nitrogens is 3. The van der Waals surface area contributed by atoms with Gasteiger partial charge in [0, 0.05) is 17.5 Å². The molecule has 2 heterocycles. The largest absolute Gasteiger partial charge is 0.492 e. The van der Waals surface area contributed by atoms with E-state index in [1.165, 1.54) is 11.3 Å². The van der Waals surface area contributed by atoms with Crippen molar-refractivity contribution in [1.29, 1.82) is 0 Å². The van der Waals surface area contributed by atoms with Crippen molar-refractivity contribution in [3.05, 3.63) is 41.7 Å². The van der Waals surface area contributed by atoms with E-state index in [-0.39, 0.29) is 28.4 Å². The Morgan fingerprint density at radius 3 is 2.53 bits per heavy atom. The first-order valence-corrected chi connectivity index (χ1v) is 13.5. The summed E-state index contributed by atoms with van der Waals surface area (Å²) < 4.78 is 5.87. The predicted octanol–water partition coefficient (Wildman–Crippen LogP) is 7.38. The third kappa shape index (κ3) is 5.09. The van der Waals surface area contributed by atoms with Crippen LogP contribution in [0, 0.1) is 17.8 Å². The molecule has 8 heteroatoms. The molecule has 1 saturated carbocycles. The molecule has 192 valence electrons. The van der Waals surface area contributed by atoms with Crippen molar-refractivity contribution in [3.8, 4) is 21.5 Å². The number of rotatable bonds is 6. The first kappa shape index (κ1) is 26.1. The molecule has 0 unspecified atom stereocenters. The first-order chi connectivity index (χ1) is 17.0. The zero-order valence-corrected chi connectivity index (χ0v) is 22.8. The summed E-state index contributed by atoms with van der Waals surface area (Å²) in [4.78, 5) is 27.2. The second-order valence-electron chi connectivity index (χ2n) is 11.0. The van der Waals surface area contributed by atoms with Gasteiger partial charge in [-0.2, -0.15) is 4.98 Å². The summed E-state index contributed by atoms with van der Waals surface area (Å²) in [6.07, 6.45) is 6.51. The number of hydrogen-bond acceptors (Lipinski definition) is 8. The van der Waals surface area contributed by atoms with Crippen LogP contribution in [0.1, 0.15) is 83.9 Å². The van der Waals surface area contributed by atoms with Gasteiger partial charge in [-0.15, -0.1) is 0 Å². The van der Waals surface area contributed by atoms with E-state index in [1.54, 1.807) is 6.20 Å². The number of nitrogens with one attached hydrogen (secondary N) is 1. The molecule has 0 spiro atoms. The molecule has 0 amide bonds. The highest BCUT2D eigenvalue weighted by Gasteiger charge is 2.50. The van der Waals surface area contributed by atoms with E-state index in [0.717, 1.165) is 54.6 Å². The van der Waals surface area contributed by atoms with E-state index in [1.807, 2.05) is 31.2 Å². The summed E-state index contributed by atoms with van der Waals surface area (Å²) in [6.45, 7) is 12.4. The normalized spacial score (nSPS) is 15.6. The molecule has 1 aromatic carbocycles. The van der Waals surface area contributed by atoms with Gasteiger partial charge in [0.05, 0.1) is 11.1 Å². The van der Waals surface area contributed by atoms with Gasteiger partial charge in [-0.05, 0) is 48.8 Å². The quantitative estimate of drug-likeness (QED) is 0.335. The Balaban J connectivity index is 1.65. The average Bonchev–Trinajstić information content (AvgIpc) is 3.18. The third-order valence-electron chi connectivity index (χ3n) is 7.32. The lowest BCUT2D eigenvalue weighted by Crippen LogP contribution is -2.46. The lowest BCUT2D eigenvalue weighted by Gasteiger charge is -2.44. The van der Waals surface area contributed by atoms with Crippen LogP contribution in [0.5, 0.6) is 11.1 Å². The number of aromatic hydroxyl groups is 1. The Bertz CT molecular complexity index is 1240. The second-order valence-corrected chi connectivity index (χ2v) is 12.0. The van der Waals surface area contributed by atoms with Crippen molar-refractivity contribution in [2.45, 2.75) is 79.6 Å². The fraction of sp³-hybridized carbons (Fsp3) is 0.500. The molecule has 2 aromatic heterocycles. The van der Waals surface area contributed by atoms with Gasteiger partial charge in [0.1, 0.15) is 4.88 Å². The molecular weight excluding hydrogens is 472 g/mol. The number of hydrogen-bond donors (Lipinski definition) is 2. The zero-order valence-electron chi connectivity index (χ0n) is 22.0. The number of ether oxygens (including phenoxy) is 1. The standard InChI is InChI=1S/C28H36N4O3S/c1-17(2)19-13-16-29-25(30-19)31-20-12-10-11-18(3)21(20)22-23(33)32-26(36-22)35-24(34)28(27(4,5)6)14-8-7-9-15-28/h10-13,16-17,33H,7-9,14-15H2,1-6H3,(H,29,30,31).